The maximum atomic E-state index is 13.6. The molecule has 6 nitrogen and oxygen atoms in total. The Kier molecular flexibility index (Phi) is 4.98. The van der Waals surface area contributed by atoms with Crippen LogP contribution in [0.2, 0.25) is 0 Å². The smallest absolute Gasteiger partial charge is 0.297 e. The van der Waals surface area contributed by atoms with E-state index in [4.69, 9.17) is 4.42 Å². The number of carbonyl (C=O) groups excluding carboxylic acids is 1. The molecule has 0 fully saturated rings. The lowest BCUT2D eigenvalue weighted by atomic mass is 9.98. The minimum Gasteiger partial charge on any atom is -0.450 e. The van der Waals surface area contributed by atoms with E-state index in [2.05, 4.69) is 33.1 Å². The molecule has 5 rings (SSSR count). The van der Waals surface area contributed by atoms with Crippen LogP contribution in [0.1, 0.15) is 51.6 Å². The summed E-state index contributed by atoms with van der Waals surface area (Å²) in [6, 6.07) is 12.4. The lowest BCUT2D eigenvalue weighted by molar-refractivity contribution is 0.0970. The molecule has 0 bridgehead atoms. The molecule has 1 atom stereocenters. The van der Waals surface area contributed by atoms with Gasteiger partial charge < -0.3 is 4.42 Å². The number of amides is 1. The molecule has 4 aromatic rings. The van der Waals surface area contributed by atoms with Gasteiger partial charge in [0.15, 0.2) is 5.43 Å². The molecule has 0 N–H and O–H groups in total. The molecule has 0 aliphatic carbocycles. The van der Waals surface area contributed by atoms with Crippen molar-refractivity contribution < 1.29 is 9.21 Å². The molecule has 3 heterocycles. The van der Waals surface area contributed by atoms with Crippen LogP contribution in [0.5, 0.6) is 0 Å². The van der Waals surface area contributed by atoms with Crippen LogP contribution in [0, 0.1) is 6.92 Å². The van der Waals surface area contributed by atoms with Crippen LogP contribution >= 0.6 is 27.3 Å². The minimum atomic E-state index is -0.636. The Morgan fingerprint density at radius 2 is 2.00 bits per heavy atom. The van der Waals surface area contributed by atoms with Gasteiger partial charge >= 0.3 is 0 Å². The summed E-state index contributed by atoms with van der Waals surface area (Å²) in [6.07, 6.45) is 1.72. The van der Waals surface area contributed by atoms with Crippen LogP contribution in [0.15, 0.2) is 56.1 Å². The zero-order valence-electron chi connectivity index (χ0n) is 16.9. The summed E-state index contributed by atoms with van der Waals surface area (Å²) in [7, 11) is 0. The maximum absolute atomic E-state index is 13.6. The summed E-state index contributed by atoms with van der Waals surface area (Å²) in [4.78, 5) is 28.6. The van der Waals surface area contributed by atoms with E-state index in [0.717, 1.165) is 33.4 Å². The Balaban J connectivity index is 1.78. The molecule has 2 aromatic carbocycles. The van der Waals surface area contributed by atoms with E-state index in [9.17, 15) is 9.59 Å². The van der Waals surface area contributed by atoms with Crippen LogP contribution in [-0.2, 0) is 6.42 Å². The fourth-order valence-corrected chi connectivity index (χ4v) is 5.32. The van der Waals surface area contributed by atoms with E-state index in [1.807, 2.05) is 37.3 Å². The molecule has 156 valence electrons. The van der Waals surface area contributed by atoms with E-state index in [0.29, 0.717) is 21.7 Å². The van der Waals surface area contributed by atoms with Gasteiger partial charge in [-0.2, -0.15) is 0 Å². The van der Waals surface area contributed by atoms with Gasteiger partial charge in [0.1, 0.15) is 10.6 Å². The van der Waals surface area contributed by atoms with Gasteiger partial charge in [0, 0.05) is 10.9 Å². The van der Waals surface area contributed by atoms with Crippen molar-refractivity contribution >= 4 is 49.3 Å². The first-order chi connectivity index (χ1) is 15.0. The van der Waals surface area contributed by atoms with Crippen molar-refractivity contribution in [3.63, 3.8) is 0 Å². The molecule has 8 heteroatoms. The van der Waals surface area contributed by atoms with Crippen molar-refractivity contribution in [1.82, 2.24) is 10.2 Å². The summed E-state index contributed by atoms with van der Waals surface area (Å²) in [6.45, 7) is 3.99. The topological polar surface area (TPSA) is 76.3 Å². The fourth-order valence-electron chi connectivity index (χ4n) is 3.93. The van der Waals surface area contributed by atoms with E-state index in [1.165, 1.54) is 11.3 Å². The van der Waals surface area contributed by atoms with Crippen molar-refractivity contribution in [2.24, 2.45) is 0 Å². The number of fused-ring (bicyclic) bond motifs is 2. The second kappa shape index (κ2) is 7.69. The number of anilines is 1. The molecule has 31 heavy (non-hydrogen) atoms. The lowest BCUT2D eigenvalue weighted by Gasteiger charge is -2.22. The highest BCUT2D eigenvalue weighted by atomic mass is 79.9. The maximum Gasteiger partial charge on any atom is 0.297 e. The largest absolute Gasteiger partial charge is 0.450 e. The van der Waals surface area contributed by atoms with E-state index in [1.54, 1.807) is 17.0 Å². The van der Waals surface area contributed by atoms with Crippen molar-refractivity contribution in [1.29, 1.82) is 0 Å². The van der Waals surface area contributed by atoms with E-state index in [-0.39, 0.29) is 17.1 Å². The first kappa shape index (κ1) is 20.1. The second-order valence-corrected chi connectivity index (χ2v) is 9.49. The SMILES string of the molecule is CCCc1nnc(N2C(=O)c3oc4ccc(C)cc4c(=O)c3C2c2cccc(Br)c2)s1. The number of aryl methyl sites for hydroxylation is 2. The standard InChI is InChI=1S/C23H18BrN3O3S/c1-3-5-17-25-26-23(31-17)27-19(13-6-4-7-14(24)11-13)18-20(28)15-10-12(2)8-9-16(15)30-21(18)22(27)29/h4,6-11,19H,3,5H2,1-2H3. The molecular formula is C23H18BrN3O3S. The van der Waals surface area contributed by atoms with Gasteiger partial charge in [-0.3, -0.25) is 14.5 Å². The van der Waals surface area contributed by atoms with Gasteiger partial charge in [0.05, 0.1) is 17.0 Å². The van der Waals surface area contributed by atoms with Gasteiger partial charge in [-0.1, -0.05) is 58.0 Å². The molecule has 1 aliphatic rings. The zero-order valence-corrected chi connectivity index (χ0v) is 19.3. The predicted molar refractivity (Wildman–Crippen MR) is 124 cm³/mol. The summed E-state index contributed by atoms with van der Waals surface area (Å²) in [5.41, 5.74) is 2.30. The van der Waals surface area contributed by atoms with Gasteiger partial charge in [-0.25, -0.2) is 0 Å². The second-order valence-electron chi connectivity index (χ2n) is 7.53. The Bertz CT molecular complexity index is 1390. The summed E-state index contributed by atoms with van der Waals surface area (Å²) in [5.74, 6) is -0.308. The first-order valence-electron chi connectivity index (χ1n) is 9.96. The van der Waals surface area contributed by atoms with Crippen molar-refractivity contribution in [2.75, 3.05) is 4.90 Å². The van der Waals surface area contributed by atoms with Crippen molar-refractivity contribution in [2.45, 2.75) is 32.7 Å². The number of carbonyl (C=O) groups is 1. The fraction of sp³-hybridized carbons (Fsp3) is 0.217. The van der Waals surface area contributed by atoms with Crippen LogP contribution in [-0.4, -0.2) is 16.1 Å². The Morgan fingerprint density at radius 3 is 2.77 bits per heavy atom. The van der Waals surface area contributed by atoms with Crippen LogP contribution in [0.4, 0.5) is 5.13 Å². The highest BCUT2D eigenvalue weighted by molar-refractivity contribution is 9.10. The minimum absolute atomic E-state index is 0.0681. The molecule has 2 aromatic heterocycles. The highest BCUT2D eigenvalue weighted by Crippen LogP contribution is 2.42. The van der Waals surface area contributed by atoms with Gasteiger partial charge in [-0.05, 0) is 43.2 Å². The number of rotatable bonds is 4. The number of nitrogens with zero attached hydrogens (tertiary/aromatic N) is 3. The lowest BCUT2D eigenvalue weighted by Crippen LogP contribution is -2.29. The number of hydrogen-bond acceptors (Lipinski definition) is 6. The van der Waals surface area contributed by atoms with Crippen LogP contribution in [0.3, 0.4) is 0 Å². The quantitative estimate of drug-likeness (QED) is 0.377. The number of benzene rings is 2. The number of hydrogen-bond donors (Lipinski definition) is 0. The third-order valence-corrected chi connectivity index (χ3v) is 6.79. The number of halogens is 1. The van der Waals surface area contributed by atoms with Crippen molar-refractivity contribution in [3.8, 4) is 0 Å². The molecule has 1 unspecified atom stereocenters. The van der Waals surface area contributed by atoms with Gasteiger partial charge in [0.25, 0.3) is 5.91 Å². The highest BCUT2D eigenvalue weighted by Gasteiger charge is 2.45. The van der Waals surface area contributed by atoms with Gasteiger partial charge in [0.2, 0.25) is 10.9 Å². The van der Waals surface area contributed by atoms with Crippen molar-refractivity contribution in [3.05, 3.63) is 84.6 Å². The van der Waals surface area contributed by atoms with Gasteiger partial charge in [-0.15, -0.1) is 10.2 Å². The van der Waals surface area contributed by atoms with E-state index >= 15 is 0 Å². The Labute approximate surface area is 190 Å². The Morgan fingerprint density at radius 1 is 1.16 bits per heavy atom. The van der Waals surface area contributed by atoms with E-state index < -0.39 is 6.04 Å². The summed E-state index contributed by atoms with van der Waals surface area (Å²) >= 11 is 4.87. The first-order valence-corrected chi connectivity index (χ1v) is 11.6. The molecule has 0 saturated carbocycles. The predicted octanol–water partition coefficient (Wildman–Crippen LogP) is 5.42. The van der Waals surface area contributed by atoms with Crippen LogP contribution < -0.4 is 10.3 Å². The number of aromatic nitrogens is 2. The molecular weight excluding hydrogens is 478 g/mol. The van der Waals surface area contributed by atoms with Crippen LogP contribution in [0.25, 0.3) is 11.0 Å². The zero-order chi connectivity index (χ0) is 21.7. The molecule has 0 saturated heterocycles. The average Bonchev–Trinajstić information content (AvgIpc) is 3.31. The summed E-state index contributed by atoms with van der Waals surface area (Å²) < 4.78 is 6.85. The monoisotopic (exact) mass is 495 g/mol. The molecule has 0 spiro atoms. The molecule has 0 radical (unpaired) electrons. The Hall–Kier alpha value is -2.84. The average molecular weight is 496 g/mol. The summed E-state index contributed by atoms with van der Waals surface area (Å²) in [5, 5.41) is 10.3. The third-order valence-electron chi connectivity index (χ3n) is 5.32. The molecule has 1 aliphatic heterocycles. The third kappa shape index (κ3) is 3.30. The normalized spacial score (nSPS) is 15.6. The molecule has 1 amide bonds.